The van der Waals surface area contributed by atoms with E-state index in [4.69, 9.17) is 0 Å². The van der Waals surface area contributed by atoms with Gasteiger partial charge in [0.1, 0.15) is 0 Å². The zero-order valence-corrected chi connectivity index (χ0v) is 11.8. The molecule has 2 N–H and O–H groups in total. The molecule has 4 heteroatoms. The van der Waals surface area contributed by atoms with E-state index in [0.29, 0.717) is 18.2 Å². The summed E-state index contributed by atoms with van der Waals surface area (Å²) in [5.41, 5.74) is 3.16. The van der Waals surface area contributed by atoms with Crippen LogP contribution in [0.1, 0.15) is 55.9 Å². The van der Waals surface area contributed by atoms with Crippen LogP contribution in [0.15, 0.2) is 0 Å². The number of aryl methyl sites for hydroxylation is 1. The van der Waals surface area contributed by atoms with Gasteiger partial charge < -0.3 is 5.32 Å². The maximum absolute atomic E-state index is 11.9. The van der Waals surface area contributed by atoms with Crippen molar-refractivity contribution in [1.29, 1.82) is 0 Å². The van der Waals surface area contributed by atoms with Gasteiger partial charge in [0, 0.05) is 17.8 Å². The molecule has 1 unspecified atom stereocenters. The Labute approximate surface area is 109 Å². The molecule has 1 atom stereocenters. The van der Waals surface area contributed by atoms with Crippen molar-refractivity contribution >= 4 is 5.91 Å². The fraction of sp³-hybridized carbons (Fsp3) is 0.714. The molecule has 1 aromatic rings. The van der Waals surface area contributed by atoms with Crippen LogP contribution >= 0.6 is 0 Å². The second-order valence-corrected chi connectivity index (χ2v) is 6.19. The lowest BCUT2D eigenvalue weighted by molar-refractivity contribution is 0.0948. The number of nitrogens with zero attached hydrogens (tertiary/aromatic N) is 1. The van der Waals surface area contributed by atoms with Gasteiger partial charge in [-0.25, -0.2) is 0 Å². The highest BCUT2D eigenvalue weighted by atomic mass is 16.1. The van der Waals surface area contributed by atoms with E-state index < -0.39 is 0 Å². The van der Waals surface area contributed by atoms with Crippen LogP contribution in [-0.4, -0.2) is 22.6 Å². The van der Waals surface area contributed by atoms with Crippen molar-refractivity contribution in [3.05, 3.63) is 17.0 Å². The van der Waals surface area contributed by atoms with Gasteiger partial charge in [-0.1, -0.05) is 20.8 Å². The molecule has 4 nitrogen and oxygen atoms in total. The Bertz CT molecular complexity index is 442. The number of hydrogen-bond donors (Lipinski definition) is 2. The molecule has 0 fully saturated rings. The van der Waals surface area contributed by atoms with Gasteiger partial charge >= 0.3 is 0 Å². The molecule has 0 spiro atoms. The predicted molar refractivity (Wildman–Crippen MR) is 71.6 cm³/mol. The molecule has 0 saturated heterocycles. The minimum absolute atomic E-state index is 0.0513. The molecule has 1 aliphatic rings. The SMILES string of the molecule is CCNC(=O)c1n[nH]c2c1CC(C(C)(C)C)CC2. The highest BCUT2D eigenvalue weighted by Crippen LogP contribution is 2.37. The zero-order valence-electron chi connectivity index (χ0n) is 11.8. The number of rotatable bonds is 2. The van der Waals surface area contributed by atoms with E-state index >= 15 is 0 Å². The lowest BCUT2D eigenvalue weighted by Crippen LogP contribution is -2.29. The summed E-state index contributed by atoms with van der Waals surface area (Å²) in [6, 6.07) is 0. The van der Waals surface area contributed by atoms with E-state index in [0.717, 1.165) is 24.1 Å². The van der Waals surface area contributed by atoms with Crippen molar-refractivity contribution in [2.45, 2.75) is 47.0 Å². The van der Waals surface area contributed by atoms with Gasteiger partial charge in [0.15, 0.2) is 5.69 Å². The zero-order chi connectivity index (χ0) is 13.3. The molecule has 1 aromatic heterocycles. The maximum Gasteiger partial charge on any atom is 0.272 e. The standard InChI is InChI=1S/C14H23N3O/c1-5-15-13(18)12-10-8-9(14(2,3)4)6-7-11(10)16-17-12/h9H,5-8H2,1-4H3,(H,15,18)(H,16,17). The third-order valence-corrected chi connectivity index (χ3v) is 3.92. The minimum atomic E-state index is -0.0513. The van der Waals surface area contributed by atoms with Crippen LogP contribution in [0.5, 0.6) is 0 Å². The summed E-state index contributed by atoms with van der Waals surface area (Å²) in [5, 5.41) is 10.1. The van der Waals surface area contributed by atoms with Gasteiger partial charge in [-0.2, -0.15) is 5.10 Å². The van der Waals surface area contributed by atoms with E-state index in [1.165, 1.54) is 6.42 Å². The fourth-order valence-electron chi connectivity index (χ4n) is 2.67. The number of aromatic amines is 1. The molecule has 2 rings (SSSR count). The molecule has 1 aliphatic carbocycles. The molecule has 1 amide bonds. The molecular weight excluding hydrogens is 226 g/mol. The van der Waals surface area contributed by atoms with Crippen molar-refractivity contribution in [2.75, 3.05) is 6.54 Å². The van der Waals surface area contributed by atoms with Gasteiger partial charge in [0.2, 0.25) is 0 Å². The lowest BCUT2D eigenvalue weighted by atomic mass is 9.71. The number of aromatic nitrogens is 2. The van der Waals surface area contributed by atoms with E-state index in [1.807, 2.05) is 6.92 Å². The Hall–Kier alpha value is -1.32. The van der Waals surface area contributed by atoms with Crippen molar-refractivity contribution in [3.63, 3.8) is 0 Å². The van der Waals surface area contributed by atoms with Gasteiger partial charge in [-0.15, -0.1) is 0 Å². The summed E-state index contributed by atoms with van der Waals surface area (Å²) in [5.74, 6) is 0.570. The topological polar surface area (TPSA) is 57.8 Å². The number of H-pyrrole nitrogens is 1. The Kier molecular flexibility index (Phi) is 3.46. The van der Waals surface area contributed by atoms with Crippen molar-refractivity contribution in [2.24, 2.45) is 11.3 Å². The summed E-state index contributed by atoms with van der Waals surface area (Å²) in [7, 11) is 0. The Morgan fingerprint density at radius 1 is 1.50 bits per heavy atom. The van der Waals surface area contributed by atoms with Crippen molar-refractivity contribution in [1.82, 2.24) is 15.5 Å². The molecule has 0 aromatic carbocycles. The summed E-state index contributed by atoms with van der Waals surface area (Å²) in [4.78, 5) is 11.9. The van der Waals surface area contributed by atoms with Gasteiger partial charge in [0.05, 0.1) is 0 Å². The number of carbonyl (C=O) groups is 1. The highest BCUT2D eigenvalue weighted by molar-refractivity contribution is 5.94. The summed E-state index contributed by atoms with van der Waals surface area (Å²) in [6.07, 6.45) is 3.14. The average Bonchev–Trinajstić information content (AvgIpc) is 2.70. The van der Waals surface area contributed by atoms with Crippen LogP contribution in [0.3, 0.4) is 0 Å². The average molecular weight is 249 g/mol. The van der Waals surface area contributed by atoms with Gasteiger partial charge in [-0.05, 0) is 37.5 Å². The first kappa shape index (κ1) is 13.1. The smallest absolute Gasteiger partial charge is 0.272 e. The normalized spacial score (nSPS) is 19.4. The van der Waals surface area contributed by atoms with Crippen LogP contribution < -0.4 is 5.32 Å². The summed E-state index contributed by atoms with van der Waals surface area (Å²) in [6.45, 7) is 9.38. The monoisotopic (exact) mass is 249 g/mol. The predicted octanol–water partition coefficient (Wildman–Crippen LogP) is 2.31. The summed E-state index contributed by atoms with van der Waals surface area (Å²) < 4.78 is 0. The first-order valence-corrected chi connectivity index (χ1v) is 6.77. The van der Waals surface area contributed by atoms with Crippen molar-refractivity contribution in [3.8, 4) is 0 Å². The number of carbonyl (C=O) groups excluding carboxylic acids is 1. The molecule has 0 bridgehead atoms. The number of amides is 1. The number of hydrogen-bond acceptors (Lipinski definition) is 2. The van der Waals surface area contributed by atoms with Crippen LogP contribution in [0.25, 0.3) is 0 Å². The van der Waals surface area contributed by atoms with Crippen LogP contribution in [-0.2, 0) is 12.8 Å². The molecule has 1 heterocycles. The molecule has 100 valence electrons. The molecule has 18 heavy (non-hydrogen) atoms. The number of fused-ring (bicyclic) bond motifs is 1. The lowest BCUT2D eigenvalue weighted by Gasteiger charge is -2.33. The van der Waals surface area contributed by atoms with E-state index in [2.05, 4.69) is 36.3 Å². The maximum atomic E-state index is 11.9. The first-order valence-electron chi connectivity index (χ1n) is 6.77. The Balaban J connectivity index is 2.24. The second kappa shape index (κ2) is 4.75. The Morgan fingerprint density at radius 2 is 2.22 bits per heavy atom. The molecule has 0 saturated carbocycles. The quantitative estimate of drug-likeness (QED) is 0.845. The second-order valence-electron chi connectivity index (χ2n) is 6.19. The number of nitrogens with one attached hydrogen (secondary N) is 2. The third kappa shape index (κ3) is 2.42. The molecular formula is C14H23N3O. The molecule has 0 radical (unpaired) electrons. The molecule has 0 aliphatic heterocycles. The van der Waals surface area contributed by atoms with Crippen LogP contribution in [0.2, 0.25) is 0 Å². The first-order chi connectivity index (χ1) is 8.43. The van der Waals surface area contributed by atoms with Crippen molar-refractivity contribution < 1.29 is 4.79 Å². The fourth-order valence-corrected chi connectivity index (χ4v) is 2.67. The van der Waals surface area contributed by atoms with E-state index in [9.17, 15) is 4.79 Å². The van der Waals surface area contributed by atoms with Crippen LogP contribution in [0.4, 0.5) is 0 Å². The largest absolute Gasteiger partial charge is 0.351 e. The van der Waals surface area contributed by atoms with Crippen LogP contribution in [0, 0.1) is 11.3 Å². The Morgan fingerprint density at radius 3 is 2.83 bits per heavy atom. The van der Waals surface area contributed by atoms with Gasteiger partial charge in [-0.3, -0.25) is 9.89 Å². The van der Waals surface area contributed by atoms with Gasteiger partial charge in [0.25, 0.3) is 5.91 Å². The van der Waals surface area contributed by atoms with E-state index in [-0.39, 0.29) is 11.3 Å². The highest BCUT2D eigenvalue weighted by Gasteiger charge is 2.32. The minimum Gasteiger partial charge on any atom is -0.351 e. The van der Waals surface area contributed by atoms with E-state index in [1.54, 1.807) is 0 Å². The summed E-state index contributed by atoms with van der Waals surface area (Å²) >= 11 is 0. The third-order valence-electron chi connectivity index (χ3n) is 3.92.